The number of aromatic nitrogens is 4. The lowest BCUT2D eigenvalue weighted by Crippen LogP contribution is -2.32. The lowest BCUT2D eigenvalue weighted by atomic mass is 10.1. The number of aliphatic hydroxyl groups is 2. The number of hydrogen-bond acceptors (Lipinski definition) is 7. The second-order valence-electron chi connectivity index (χ2n) is 6.68. The summed E-state index contributed by atoms with van der Waals surface area (Å²) in [5.74, 6) is 0.189. The summed E-state index contributed by atoms with van der Waals surface area (Å²) in [4.78, 5) is 12.1. The lowest BCUT2D eigenvalue weighted by Gasteiger charge is -2.19. The summed E-state index contributed by atoms with van der Waals surface area (Å²) in [5.41, 5.74) is 6.47. The molecule has 4 N–H and O–H groups in total. The standard InChI is InChI=1S/C14H21ClN5O3P/c1-24(2,3)5-4-7-9(21)10(22)13(23-7)20-12-8(19-14(20)15)11(16)17-6-18-12/h6-7,9-10,13,21-22H,1,4-5H2,2-3H3,(H2,16,17,18)/t7-,9-,10-,13?/m1/s1. The Labute approximate surface area is 144 Å². The number of halogens is 1. The fraction of sp³-hybridized carbons (Fsp3) is 0.571. The molecular formula is C14H21ClN5O3P. The number of aliphatic hydroxyl groups excluding tert-OH is 2. The minimum atomic E-state index is -1.25. The van der Waals surface area contributed by atoms with Crippen molar-refractivity contribution in [2.24, 2.45) is 0 Å². The third-order valence-electron chi connectivity index (χ3n) is 4.07. The van der Waals surface area contributed by atoms with E-state index in [1.165, 1.54) is 10.9 Å². The van der Waals surface area contributed by atoms with E-state index in [4.69, 9.17) is 22.1 Å². The molecule has 2 aromatic rings. The van der Waals surface area contributed by atoms with Gasteiger partial charge in [-0.25, -0.2) is 15.0 Å². The monoisotopic (exact) mass is 373 g/mol. The van der Waals surface area contributed by atoms with Crippen molar-refractivity contribution in [3.05, 3.63) is 11.6 Å². The van der Waals surface area contributed by atoms with Crippen LogP contribution in [0.1, 0.15) is 12.6 Å². The highest BCUT2D eigenvalue weighted by atomic mass is 35.5. The summed E-state index contributed by atoms with van der Waals surface area (Å²) < 4.78 is 7.32. The average molecular weight is 374 g/mol. The van der Waals surface area contributed by atoms with E-state index in [1.807, 2.05) is 0 Å². The minimum Gasteiger partial charge on any atom is -0.388 e. The summed E-state index contributed by atoms with van der Waals surface area (Å²) in [5, 5.41) is 20.8. The van der Waals surface area contributed by atoms with E-state index in [-0.39, 0.29) is 11.1 Å². The molecular weight excluding hydrogens is 353 g/mol. The van der Waals surface area contributed by atoms with Gasteiger partial charge in [0.1, 0.15) is 18.5 Å². The number of imidazole rings is 1. The van der Waals surface area contributed by atoms with Crippen LogP contribution >= 0.6 is 18.5 Å². The van der Waals surface area contributed by atoms with E-state index in [2.05, 4.69) is 34.6 Å². The molecule has 1 aliphatic rings. The first kappa shape index (κ1) is 17.6. The third-order valence-corrected chi connectivity index (χ3v) is 5.81. The number of nitrogens with zero attached hydrogens (tertiary/aromatic N) is 4. The molecule has 132 valence electrons. The highest BCUT2D eigenvalue weighted by Crippen LogP contribution is 2.40. The second-order valence-corrected chi connectivity index (χ2v) is 11.3. The molecule has 2 aromatic heterocycles. The molecule has 8 nitrogen and oxygen atoms in total. The van der Waals surface area contributed by atoms with E-state index in [0.29, 0.717) is 17.6 Å². The Morgan fingerprint density at radius 3 is 2.75 bits per heavy atom. The number of nitrogens with two attached hydrogens (primary N) is 1. The van der Waals surface area contributed by atoms with E-state index in [1.54, 1.807) is 0 Å². The Bertz CT molecular complexity index is 807. The molecule has 1 saturated heterocycles. The van der Waals surface area contributed by atoms with Crippen molar-refractivity contribution >= 4 is 41.8 Å². The second kappa shape index (κ2) is 6.28. The summed E-state index contributed by atoms with van der Waals surface area (Å²) in [6, 6.07) is 0. The molecule has 3 rings (SSSR count). The zero-order valence-electron chi connectivity index (χ0n) is 13.5. The third kappa shape index (κ3) is 3.17. The van der Waals surface area contributed by atoms with Gasteiger partial charge in [0.2, 0.25) is 5.28 Å². The summed E-state index contributed by atoms with van der Waals surface area (Å²) in [6.07, 6.45) is 3.35. The van der Waals surface area contributed by atoms with Crippen LogP contribution in [0.5, 0.6) is 0 Å². The summed E-state index contributed by atoms with van der Waals surface area (Å²) >= 11 is 6.18. The van der Waals surface area contributed by atoms with Gasteiger partial charge in [-0.1, -0.05) is 0 Å². The predicted octanol–water partition coefficient (Wildman–Crippen LogP) is 0.780. The van der Waals surface area contributed by atoms with Gasteiger partial charge in [0.15, 0.2) is 23.2 Å². The number of nitrogen functional groups attached to an aromatic ring is 1. The van der Waals surface area contributed by atoms with Crippen molar-refractivity contribution in [2.75, 3.05) is 25.2 Å². The van der Waals surface area contributed by atoms with Crippen LogP contribution in [0, 0.1) is 0 Å². The van der Waals surface area contributed by atoms with Gasteiger partial charge in [-0.15, -0.1) is 13.2 Å². The molecule has 0 bridgehead atoms. The highest BCUT2D eigenvalue weighted by molar-refractivity contribution is 7.72. The van der Waals surface area contributed by atoms with Crippen LogP contribution in [0.4, 0.5) is 5.82 Å². The Balaban J connectivity index is 1.92. The van der Waals surface area contributed by atoms with Crippen molar-refractivity contribution in [2.45, 2.75) is 31.0 Å². The fourth-order valence-electron chi connectivity index (χ4n) is 2.78. The molecule has 0 spiro atoms. The van der Waals surface area contributed by atoms with Crippen LogP contribution in [0.25, 0.3) is 11.2 Å². The van der Waals surface area contributed by atoms with Gasteiger partial charge in [0.25, 0.3) is 0 Å². The highest BCUT2D eigenvalue weighted by Gasteiger charge is 2.45. The molecule has 24 heavy (non-hydrogen) atoms. The van der Waals surface area contributed by atoms with Crippen LogP contribution in [0.2, 0.25) is 5.28 Å². The molecule has 4 atom stereocenters. The number of rotatable bonds is 4. The van der Waals surface area contributed by atoms with Crippen molar-refractivity contribution in [3.8, 4) is 0 Å². The number of fused-ring (bicyclic) bond motifs is 1. The van der Waals surface area contributed by atoms with Crippen LogP contribution in [-0.2, 0) is 4.74 Å². The molecule has 0 radical (unpaired) electrons. The Morgan fingerprint density at radius 1 is 1.38 bits per heavy atom. The minimum absolute atomic E-state index is 0.0686. The maximum atomic E-state index is 10.4. The van der Waals surface area contributed by atoms with Gasteiger partial charge in [0, 0.05) is 0 Å². The maximum Gasteiger partial charge on any atom is 0.207 e. The molecule has 0 saturated carbocycles. The van der Waals surface area contributed by atoms with E-state index in [9.17, 15) is 10.2 Å². The quantitative estimate of drug-likeness (QED) is 0.535. The zero-order chi connectivity index (χ0) is 17.6. The molecule has 0 amide bonds. The molecule has 3 heterocycles. The van der Waals surface area contributed by atoms with E-state index < -0.39 is 31.4 Å². The van der Waals surface area contributed by atoms with Gasteiger partial charge < -0.3 is 20.7 Å². The van der Waals surface area contributed by atoms with Gasteiger partial charge in [-0.3, -0.25) is 4.57 Å². The Hall–Kier alpha value is -1.18. The molecule has 0 aromatic carbocycles. The maximum absolute atomic E-state index is 10.4. The zero-order valence-corrected chi connectivity index (χ0v) is 15.2. The van der Waals surface area contributed by atoms with E-state index >= 15 is 0 Å². The fourth-order valence-corrected chi connectivity index (χ4v) is 4.00. The van der Waals surface area contributed by atoms with Crippen molar-refractivity contribution in [1.29, 1.82) is 0 Å². The first-order chi connectivity index (χ1) is 11.2. The van der Waals surface area contributed by atoms with Crippen LogP contribution in [0.15, 0.2) is 6.33 Å². The topological polar surface area (TPSA) is 119 Å². The molecule has 1 aliphatic heterocycles. The van der Waals surface area contributed by atoms with Gasteiger partial charge in [0.05, 0.1) is 6.10 Å². The smallest absolute Gasteiger partial charge is 0.207 e. The molecule has 1 fully saturated rings. The molecule has 0 aliphatic carbocycles. The van der Waals surface area contributed by atoms with Crippen molar-refractivity contribution < 1.29 is 14.9 Å². The molecule has 1 unspecified atom stereocenters. The summed E-state index contributed by atoms with van der Waals surface area (Å²) in [7, 11) is 0. The summed E-state index contributed by atoms with van der Waals surface area (Å²) in [6.45, 7) is 2.97. The van der Waals surface area contributed by atoms with Crippen LogP contribution in [-0.4, -0.2) is 73.8 Å². The average Bonchev–Trinajstić information content (AvgIpc) is 2.96. The normalized spacial score (nSPS) is 27.9. The SMILES string of the molecule is C=P(C)(C)CC[C@H]1OC(n2c(Cl)nc3c(N)ncnc32)[C@H](O)[C@@H]1O. The lowest BCUT2D eigenvalue weighted by molar-refractivity contribution is -0.0351. The largest absolute Gasteiger partial charge is 0.388 e. The van der Waals surface area contributed by atoms with Gasteiger partial charge >= 0.3 is 0 Å². The molecule has 10 heteroatoms. The van der Waals surface area contributed by atoms with Gasteiger partial charge in [-0.2, -0.15) is 0 Å². The predicted molar refractivity (Wildman–Crippen MR) is 96.0 cm³/mol. The Kier molecular flexibility index (Phi) is 4.61. The van der Waals surface area contributed by atoms with Crippen LogP contribution < -0.4 is 5.73 Å². The number of hydrogen-bond donors (Lipinski definition) is 3. The number of anilines is 1. The Morgan fingerprint density at radius 2 is 2.08 bits per heavy atom. The number of ether oxygens (including phenoxy) is 1. The first-order valence-corrected chi connectivity index (χ1v) is 10.9. The van der Waals surface area contributed by atoms with Gasteiger partial charge in [-0.05, 0) is 37.5 Å². The van der Waals surface area contributed by atoms with Crippen LogP contribution in [0.3, 0.4) is 0 Å². The van der Waals surface area contributed by atoms with Crippen molar-refractivity contribution in [1.82, 2.24) is 19.5 Å². The van der Waals surface area contributed by atoms with E-state index in [0.717, 1.165) is 6.16 Å². The first-order valence-electron chi connectivity index (χ1n) is 7.52. The van der Waals surface area contributed by atoms with Crippen molar-refractivity contribution in [3.63, 3.8) is 0 Å².